The van der Waals surface area contributed by atoms with Crippen LogP contribution in [0.4, 0.5) is 0 Å². The second-order valence-corrected chi connectivity index (χ2v) is 6.93. The molecule has 3 rings (SSSR count). The van der Waals surface area contributed by atoms with Crippen LogP contribution in [0, 0.1) is 0 Å². The van der Waals surface area contributed by atoms with Crippen LogP contribution in [0.25, 0.3) is 10.8 Å². The fourth-order valence-electron chi connectivity index (χ4n) is 3.45. The highest BCUT2D eigenvalue weighted by molar-refractivity contribution is 5.96. The highest BCUT2D eigenvalue weighted by Gasteiger charge is 2.23. The molecule has 0 unspecified atom stereocenters. The van der Waals surface area contributed by atoms with Crippen molar-refractivity contribution in [1.82, 2.24) is 0 Å². The molecule has 0 fully saturated rings. The summed E-state index contributed by atoms with van der Waals surface area (Å²) < 4.78 is 23.4. The van der Waals surface area contributed by atoms with E-state index < -0.39 is 0 Å². The van der Waals surface area contributed by atoms with Crippen molar-refractivity contribution in [3.63, 3.8) is 0 Å². The zero-order valence-electron chi connectivity index (χ0n) is 16.7. The highest BCUT2D eigenvalue weighted by atomic mass is 16.7. The number of fused-ring (bicyclic) bond motifs is 2. The van der Waals surface area contributed by atoms with Gasteiger partial charge >= 0.3 is 0 Å². The third kappa shape index (κ3) is 4.63. The first-order valence-electron chi connectivity index (χ1n) is 9.89. The normalized spacial score (nSPS) is 13.4. The second-order valence-electron chi connectivity index (χ2n) is 6.93. The zero-order chi connectivity index (χ0) is 19.1. The van der Waals surface area contributed by atoms with Crippen LogP contribution in [-0.4, -0.2) is 26.8 Å². The van der Waals surface area contributed by atoms with Crippen LogP contribution >= 0.6 is 0 Å². The summed E-state index contributed by atoms with van der Waals surface area (Å²) in [5.41, 5.74) is 3.76. The summed E-state index contributed by atoms with van der Waals surface area (Å²) in [7, 11) is 0. The van der Waals surface area contributed by atoms with Gasteiger partial charge in [0, 0.05) is 21.9 Å². The van der Waals surface area contributed by atoms with Gasteiger partial charge in [-0.05, 0) is 32.6 Å². The third-order valence-corrected chi connectivity index (χ3v) is 4.71. The van der Waals surface area contributed by atoms with Crippen LogP contribution in [-0.2, 0) is 22.3 Å². The lowest BCUT2D eigenvalue weighted by atomic mass is 9.87. The SMILES string of the molecule is CCCOCOc1c2c(c(OCOCCC)c3ccccc13)CC(C)=CC2. The summed E-state index contributed by atoms with van der Waals surface area (Å²) in [6.07, 6.45) is 5.95. The molecule has 0 heterocycles. The van der Waals surface area contributed by atoms with Gasteiger partial charge in [-0.2, -0.15) is 0 Å². The molecule has 0 saturated heterocycles. The average Bonchev–Trinajstić information content (AvgIpc) is 2.69. The highest BCUT2D eigenvalue weighted by Crippen LogP contribution is 2.44. The molecular formula is C23H30O4. The molecule has 0 aliphatic heterocycles. The van der Waals surface area contributed by atoms with Gasteiger partial charge in [0.05, 0.1) is 13.2 Å². The van der Waals surface area contributed by atoms with Gasteiger partial charge in [-0.15, -0.1) is 0 Å². The van der Waals surface area contributed by atoms with Gasteiger partial charge in [0.2, 0.25) is 0 Å². The maximum Gasteiger partial charge on any atom is 0.189 e. The summed E-state index contributed by atoms with van der Waals surface area (Å²) in [6, 6.07) is 8.26. The number of ether oxygens (including phenoxy) is 4. The van der Waals surface area contributed by atoms with Gasteiger partial charge in [0.1, 0.15) is 11.5 Å². The molecule has 2 aromatic rings. The quantitative estimate of drug-likeness (QED) is 0.318. The molecule has 1 aliphatic carbocycles. The van der Waals surface area contributed by atoms with Crippen molar-refractivity contribution in [1.29, 1.82) is 0 Å². The van der Waals surface area contributed by atoms with Crippen LogP contribution < -0.4 is 9.47 Å². The Kier molecular flexibility index (Phi) is 7.13. The van der Waals surface area contributed by atoms with Gasteiger partial charge in [-0.3, -0.25) is 0 Å². The van der Waals surface area contributed by atoms with E-state index in [1.807, 2.05) is 12.1 Å². The standard InChI is InChI=1S/C23H30O4/c1-4-12-24-15-26-22-18-8-6-7-9-19(18)23(27-16-25-13-5-2)21-14-17(3)10-11-20(21)22/h6-10H,4-5,11-16H2,1-3H3. The van der Waals surface area contributed by atoms with Crippen LogP contribution in [0.1, 0.15) is 44.7 Å². The largest absolute Gasteiger partial charge is 0.467 e. The Balaban J connectivity index is 2.00. The van der Waals surface area contributed by atoms with Gasteiger partial charge in [-0.1, -0.05) is 49.8 Å². The lowest BCUT2D eigenvalue weighted by Crippen LogP contribution is -2.13. The Labute approximate surface area is 162 Å². The van der Waals surface area contributed by atoms with Gasteiger partial charge in [0.25, 0.3) is 0 Å². The molecule has 2 aromatic carbocycles. The lowest BCUT2D eigenvalue weighted by Gasteiger charge is -2.25. The molecule has 0 saturated carbocycles. The number of hydrogen-bond acceptors (Lipinski definition) is 4. The smallest absolute Gasteiger partial charge is 0.189 e. The van der Waals surface area contributed by atoms with Crippen molar-refractivity contribution in [2.75, 3.05) is 26.8 Å². The Hall–Kier alpha value is -2.04. The summed E-state index contributed by atoms with van der Waals surface area (Å²) >= 11 is 0. The molecular weight excluding hydrogens is 340 g/mol. The predicted molar refractivity (Wildman–Crippen MR) is 109 cm³/mol. The van der Waals surface area contributed by atoms with E-state index >= 15 is 0 Å². The minimum Gasteiger partial charge on any atom is -0.467 e. The maximum atomic E-state index is 6.13. The maximum absolute atomic E-state index is 6.13. The van der Waals surface area contributed by atoms with Crippen molar-refractivity contribution in [2.24, 2.45) is 0 Å². The van der Waals surface area contributed by atoms with Gasteiger partial charge in [-0.25, -0.2) is 0 Å². The van der Waals surface area contributed by atoms with Crippen LogP contribution in [0.5, 0.6) is 11.5 Å². The van der Waals surface area contributed by atoms with E-state index in [9.17, 15) is 0 Å². The number of allylic oxidation sites excluding steroid dienone is 2. The van der Waals surface area contributed by atoms with E-state index in [2.05, 4.69) is 39.0 Å². The Morgan fingerprint density at radius 2 is 1.37 bits per heavy atom. The van der Waals surface area contributed by atoms with Gasteiger partial charge in [0.15, 0.2) is 13.6 Å². The predicted octanol–water partition coefficient (Wildman–Crippen LogP) is 5.41. The van der Waals surface area contributed by atoms with Crippen molar-refractivity contribution < 1.29 is 18.9 Å². The van der Waals surface area contributed by atoms with Crippen molar-refractivity contribution in [3.05, 3.63) is 47.0 Å². The molecule has 0 aromatic heterocycles. The number of hydrogen-bond donors (Lipinski definition) is 0. The molecule has 0 amide bonds. The molecule has 27 heavy (non-hydrogen) atoms. The van der Waals surface area contributed by atoms with E-state index in [4.69, 9.17) is 18.9 Å². The molecule has 0 bridgehead atoms. The Morgan fingerprint density at radius 1 is 0.815 bits per heavy atom. The molecule has 0 N–H and O–H groups in total. The fraction of sp³-hybridized carbons (Fsp3) is 0.478. The fourth-order valence-corrected chi connectivity index (χ4v) is 3.45. The van der Waals surface area contributed by atoms with Crippen molar-refractivity contribution in [2.45, 2.75) is 46.5 Å². The van der Waals surface area contributed by atoms with Gasteiger partial charge < -0.3 is 18.9 Å². The van der Waals surface area contributed by atoms with Crippen LogP contribution in [0.15, 0.2) is 35.9 Å². The average molecular weight is 370 g/mol. The molecule has 4 heteroatoms. The summed E-state index contributed by atoms with van der Waals surface area (Å²) in [4.78, 5) is 0. The molecule has 146 valence electrons. The summed E-state index contributed by atoms with van der Waals surface area (Å²) in [5.74, 6) is 1.84. The van der Waals surface area contributed by atoms with E-state index in [0.717, 1.165) is 48.0 Å². The van der Waals surface area contributed by atoms with Crippen molar-refractivity contribution in [3.8, 4) is 11.5 Å². The van der Waals surface area contributed by atoms with Crippen LogP contribution in [0.3, 0.4) is 0 Å². The van der Waals surface area contributed by atoms with E-state index in [1.54, 1.807) is 0 Å². The zero-order valence-corrected chi connectivity index (χ0v) is 16.7. The van der Waals surface area contributed by atoms with E-state index in [1.165, 1.54) is 16.7 Å². The molecule has 4 nitrogen and oxygen atoms in total. The molecule has 0 atom stereocenters. The number of rotatable bonds is 10. The Morgan fingerprint density at radius 3 is 1.93 bits per heavy atom. The third-order valence-electron chi connectivity index (χ3n) is 4.71. The molecule has 1 aliphatic rings. The first-order chi connectivity index (χ1) is 13.3. The minimum atomic E-state index is 0.271. The van der Waals surface area contributed by atoms with E-state index in [0.29, 0.717) is 13.2 Å². The lowest BCUT2D eigenvalue weighted by molar-refractivity contribution is 0.0139. The monoisotopic (exact) mass is 370 g/mol. The molecule has 0 spiro atoms. The Bertz CT molecular complexity index is 795. The topological polar surface area (TPSA) is 36.9 Å². The second kappa shape index (κ2) is 9.77. The summed E-state index contributed by atoms with van der Waals surface area (Å²) in [5, 5.41) is 2.13. The molecule has 0 radical (unpaired) electrons. The first-order valence-corrected chi connectivity index (χ1v) is 9.89. The summed E-state index contributed by atoms with van der Waals surface area (Å²) in [6.45, 7) is 8.31. The first kappa shape index (κ1) is 19.7. The van der Waals surface area contributed by atoms with E-state index in [-0.39, 0.29) is 13.6 Å². The minimum absolute atomic E-state index is 0.271. The number of benzene rings is 2. The van der Waals surface area contributed by atoms with Crippen LogP contribution in [0.2, 0.25) is 0 Å². The van der Waals surface area contributed by atoms with Crippen molar-refractivity contribution >= 4 is 10.8 Å².